The molecule has 8 heteroatoms. The van der Waals surface area contributed by atoms with E-state index in [9.17, 15) is 4.79 Å². The molecule has 0 aliphatic heterocycles. The average Bonchev–Trinajstić information content (AvgIpc) is 2.86. The third kappa shape index (κ3) is 5.07. The highest BCUT2D eigenvalue weighted by molar-refractivity contribution is 6.12. The molecular formula is C28H31N3O5. The summed E-state index contributed by atoms with van der Waals surface area (Å²) in [7, 11) is 4.77. The Labute approximate surface area is 210 Å². The fraction of sp³-hybridized carbons (Fsp3) is 0.286. The highest BCUT2D eigenvalue weighted by Gasteiger charge is 2.22. The van der Waals surface area contributed by atoms with Gasteiger partial charge < -0.3 is 29.6 Å². The summed E-state index contributed by atoms with van der Waals surface area (Å²) in [5, 5.41) is 7.99. The minimum atomic E-state index is -0.436. The van der Waals surface area contributed by atoms with Crippen molar-refractivity contribution >= 4 is 39.3 Å². The standard InChI is InChI=1S/C28H31N3O5/c1-16(2)29-28(32)36-15-18-8-10-19(11-9-18)30-25-20-12-7-17(3)13-21(20)31-22-14-23(33-4)26(34-5)27(35-6)24(22)25/h7-14,16H,15H2,1-6H3,(H,29,32)(H,30,31). The van der Waals surface area contributed by atoms with Crippen molar-refractivity contribution in [2.75, 3.05) is 26.6 Å². The zero-order valence-corrected chi connectivity index (χ0v) is 21.4. The number of nitrogens with one attached hydrogen (secondary N) is 2. The lowest BCUT2D eigenvalue weighted by molar-refractivity contribution is 0.137. The first-order valence-corrected chi connectivity index (χ1v) is 11.7. The normalized spacial score (nSPS) is 11.0. The van der Waals surface area contributed by atoms with Gasteiger partial charge in [0.25, 0.3) is 0 Å². The third-order valence-corrected chi connectivity index (χ3v) is 5.72. The number of benzene rings is 3. The van der Waals surface area contributed by atoms with Gasteiger partial charge in [-0.05, 0) is 50.1 Å². The number of carbonyl (C=O) groups excluding carboxylic acids is 1. The summed E-state index contributed by atoms with van der Waals surface area (Å²) in [5.41, 5.74) is 5.25. The van der Waals surface area contributed by atoms with Crippen molar-refractivity contribution < 1.29 is 23.7 Å². The molecule has 0 unspecified atom stereocenters. The quantitative estimate of drug-likeness (QED) is 0.289. The molecule has 0 spiro atoms. The minimum Gasteiger partial charge on any atom is -0.493 e. The Balaban J connectivity index is 1.77. The van der Waals surface area contributed by atoms with E-state index in [4.69, 9.17) is 23.9 Å². The van der Waals surface area contributed by atoms with Gasteiger partial charge in [0, 0.05) is 23.2 Å². The topological polar surface area (TPSA) is 90.9 Å². The zero-order valence-electron chi connectivity index (χ0n) is 21.4. The van der Waals surface area contributed by atoms with Gasteiger partial charge in [0.2, 0.25) is 5.75 Å². The first kappa shape index (κ1) is 24.9. The fourth-order valence-electron chi connectivity index (χ4n) is 4.07. The van der Waals surface area contributed by atoms with E-state index in [1.54, 1.807) is 21.3 Å². The summed E-state index contributed by atoms with van der Waals surface area (Å²) < 4.78 is 22.3. The number of methoxy groups -OCH3 is 3. The summed E-state index contributed by atoms with van der Waals surface area (Å²) in [6.07, 6.45) is -0.436. The molecule has 36 heavy (non-hydrogen) atoms. The number of pyridine rings is 1. The smallest absolute Gasteiger partial charge is 0.407 e. The Morgan fingerprint density at radius 3 is 2.28 bits per heavy atom. The summed E-state index contributed by atoms with van der Waals surface area (Å²) in [6, 6.07) is 15.7. The van der Waals surface area contributed by atoms with Crippen LogP contribution in [0.1, 0.15) is 25.0 Å². The first-order valence-electron chi connectivity index (χ1n) is 11.7. The van der Waals surface area contributed by atoms with E-state index in [1.165, 1.54) is 0 Å². The van der Waals surface area contributed by atoms with Crippen molar-refractivity contribution in [3.8, 4) is 17.2 Å². The molecule has 188 valence electrons. The summed E-state index contributed by atoms with van der Waals surface area (Å²) in [6.45, 7) is 5.99. The lowest BCUT2D eigenvalue weighted by atomic mass is 10.0. The van der Waals surface area contributed by atoms with E-state index in [1.807, 2.05) is 63.2 Å². The van der Waals surface area contributed by atoms with E-state index >= 15 is 0 Å². The molecule has 1 aromatic heterocycles. The van der Waals surface area contributed by atoms with Crippen LogP contribution in [0.5, 0.6) is 17.2 Å². The number of aryl methyl sites for hydroxylation is 1. The Hall–Kier alpha value is -4.20. The fourth-order valence-corrected chi connectivity index (χ4v) is 4.07. The van der Waals surface area contributed by atoms with Gasteiger partial charge >= 0.3 is 6.09 Å². The number of nitrogens with zero attached hydrogens (tertiary/aromatic N) is 1. The van der Waals surface area contributed by atoms with Crippen LogP contribution in [0.25, 0.3) is 21.8 Å². The first-order chi connectivity index (χ1) is 17.3. The molecule has 2 N–H and O–H groups in total. The van der Waals surface area contributed by atoms with Gasteiger partial charge in [0.15, 0.2) is 11.5 Å². The molecule has 0 aliphatic rings. The Morgan fingerprint density at radius 2 is 1.64 bits per heavy atom. The maximum absolute atomic E-state index is 11.8. The molecule has 8 nitrogen and oxygen atoms in total. The van der Waals surface area contributed by atoms with Gasteiger partial charge in [-0.15, -0.1) is 0 Å². The lowest BCUT2D eigenvalue weighted by Crippen LogP contribution is -2.30. The van der Waals surface area contributed by atoms with Crippen LogP contribution in [0.15, 0.2) is 48.5 Å². The van der Waals surface area contributed by atoms with Crippen LogP contribution in [0.3, 0.4) is 0 Å². The number of aromatic nitrogens is 1. The number of hydrogen-bond donors (Lipinski definition) is 2. The number of anilines is 2. The molecule has 0 saturated carbocycles. The molecule has 4 aromatic rings. The monoisotopic (exact) mass is 489 g/mol. The van der Waals surface area contributed by atoms with Crippen LogP contribution in [0, 0.1) is 6.92 Å². The number of carbonyl (C=O) groups is 1. The van der Waals surface area contributed by atoms with Crippen LogP contribution in [0.2, 0.25) is 0 Å². The average molecular weight is 490 g/mol. The van der Waals surface area contributed by atoms with E-state index in [-0.39, 0.29) is 12.6 Å². The Kier molecular flexibility index (Phi) is 7.33. The summed E-state index contributed by atoms with van der Waals surface area (Å²) in [4.78, 5) is 16.7. The van der Waals surface area contributed by atoms with E-state index in [2.05, 4.69) is 16.7 Å². The van der Waals surface area contributed by atoms with Crippen LogP contribution < -0.4 is 24.8 Å². The van der Waals surface area contributed by atoms with Crippen LogP contribution in [0.4, 0.5) is 16.2 Å². The largest absolute Gasteiger partial charge is 0.493 e. The van der Waals surface area contributed by atoms with E-state index in [0.29, 0.717) is 22.8 Å². The molecule has 4 rings (SSSR count). The molecule has 1 amide bonds. The van der Waals surface area contributed by atoms with E-state index < -0.39 is 6.09 Å². The van der Waals surface area contributed by atoms with Crippen molar-refractivity contribution in [3.63, 3.8) is 0 Å². The van der Waals surface area contributed by atoms with Crippen molar-refractivity contribution in [3.05, 3.63) is 59.7 Å². The number of fused-ring (bicyclic) bond motifs is 2. The van der Waals surface area contributed by atoms with Gasteiger partial charge in [0.05, 0.1) is 43.4 Å². The maximum Gasteiger partial charge on any atom is 0.407 e. The van der Waals surface area contributed by atoms with Crippen molar-refractivity contribution in [2.45, 2.75) is 33.4 Å². The molecule has 1 heterocycles. The van der Waals surface area contributed by atoms with Gasteiger partial charge in [-0.3, -0.25) is 0 Å². The van der Waals surface area contributed by atoms with Crippen LogP contribution in [-0.2, 0) is 11.3 Å². The SMILES string of the molecule is COc1cc2nc3cc(C)ccc3c(Nc3ccc(COC(=O)NC(C)C)cc3)c2c(OC)c1OC. The van der Waals surface area contributed by atoms with Crippen molar-refractivity contribution in [1.82, 2.24) is 10.3 Å². The van der Waals surface area contributed by atoms with Crippen LogP contribution in [-0.4, -0.2) is 38.4 Å². The second kappa shape index (κ2) is 10.6. The predicted octanol–water partition coefficient (Wildman–Crippen LogP) is 6.10. The molecule has 0 bridgehead atoms. The van der Waals surface area contributed by atoms with Gasteiger partial charge in [-0.25, -0.2) is 9.78 Å². The predicted molar refractivity (Wildman–Crippen MR) is 142 cm³/mol. The van der Waals surface area contributed by atoms with Gasteiger partial charge in [0.1, 0.15) is 6.61 Å². The third-order valence-electron chi connectivity index (χ3n) is 5.72. The number of amides is 1. The van der Waals surface area contributed by atoms with Gasteiger partial charge in [-0.1, -0.05) is 24.3 Å². The molecule has 0 atom stereocenters. The summed E-state index contributed by atoms with van der Waals surface area (Å²) >= 11 is 0. The number of hydrogen-bond acceptors (Lipinski definition) is 7. The second-order valence-electron chi connectivity index (χ2n) is 8.74. The maximum atomic E-state index is 11.8. The number of ether oxygens (including phenoxy) is 4. The highest BCUT2D eigenvalue weighted by atomic mass is 16.5. The van der Waals surface area contributed by atoms with Crippen molar-refractivity contribution in [1.29, 1.82) is 0 Å². The zero-order chi connectivity index (χ0) is 25.8. The number of alkyl carbamates (subject to hydrolysis) is 1. The summed E-state index contributed by atoms with van der Waals surface area (Å²) in [5.74, 6) is 1.57. The Bertz CT molecular complexity index is 1400. The molecule has 0 radical (unpaired) electrons. The van der Waals surface area contributed by atoms with Crippen molar-refractivity contribution in [2.24, 2.45) is 0 Å². The Morgan fingerprint density at radius 1 is 0.917 bits per heavy atom. The molecule has 3 aromatic carbocycles. The lowest BCUT2D eigenvalue weighted by Gasteiger charge is -2.19. The number of rotatable bonds is 8. The molecular weight excluding hydrogens is 458 g/mol. The van der Waals surface area contributed by atoms with Crippen LogP contribution >= 0.6 is 0 Å². The minimum absolute atomic E-state index is 0.0217. The second-order valence-corrected chi connectivity index (χ2v) is 8.74. The molecule has 0 aliphatic carbocycles. The molecule has 0 fully saturated rings. The van der Waals surface area contributed by atoms with Gasteiger partial charge in [-0.2, -0.15) is 0 Å². The van der Waals surface area contributed by atoms with E-state index in [0.717, 1.165) is 38.8 Å². The molecule has 0 saturated heterocycles. The highest BCUT2D eigenvalue weighted by Crippen LogP contribution is 2.48.